The van der Waals surface area contributed by atoms with Crippen LogP contribution in [0, 0.1) is 0 Å². The molecule has 2 aliphatic heterocycles. The van der Waals surface area contributed by atoms with Crippen molar-refractivity contribution in [2.45, 2.75) is 6.18 Å². The molecular weight excluding hydrogens is 219 g/mol. The average Bonchev–Trinajstić information content (AvgIpc) is 2.29. The number of hydrogen-bond donors (Lipinski definition) is 1. The van der Waals surface area contributed by atoms with Gasteiger partial charge in [-0.1, -0.05) is 6.08 Å². The van der Waals surface area contributed by atoms with E-state index in [1.54, 1.807) is 11.2 Å². The highest BCUT2D eigenvalue weighted by Crippen LogP contribution is 2.28. The minimum absolute atomic E-state index is 0.0833. The Labute approximate surface area is 92.2 Å². The van der Waals surface area contributed by atoms with Gasteiger partial charge >= 0.3 is 6.18 Å². The lowest BCUT2D eigenvalue weighted by Gasteiger charge is -2.38. The van der Waals surface area contributed by atoms with Gasteiger partial charge in [-0.2, -0.15) is 13.2 Å². The Morgan fingerprint density at radius 3 is 2.50 bits per heavy atom. The molecule has 0 amide bonds. The van der Waals surface area contributed by atoms with Crippen molar-refractivity contribution >= 4 is 0 Å². The van der Waals surface area contributed by atoms with Gasteiger partial charge in [0.25, 0.3) is 0 Å². The SMILES string of the molecule is FC(F)(F)C1=CC=CN(N2CCNCC2)C1. The fraction of sp³-hybridized carbons (Fsp3) is 0.600. The van der Waals surface area contributed by atoms with Gasteiger partial charge < -0.3 is 10.3 Å². The van der Waals surface area contributed by atoms with Gasteiger partial charge in [-0.25, -0.2) is 5.01 Å². The highest BCUT2D eigenvalue weighted by atomic mass is 19.4. The smallest absolute Gasteiger partial charge is 0.314 e. The second kappa shape index (κ2) is 4.47. The van der Waals surface area contributed by atoms with Crippen LogP contribution in [0.5, 0.6) is 0 Å². The summed E-state index contributed by atoms with van der Waals surface area (Å²) in [6.45, 7) is 3.04. The van der Waals surface area contributed by atoms with Crippen LogP contribution in [0.1, 0.15) is 0 Å². The molecule has 90 valence electrons. The van der Waals surface area contributed by atoms with Crippen molar-refractivity contribution in [3.05, 3.63) is 23.9 Å². The summed E-state index contributed by atoms with van der Waals surface area (Å²) in [7, 11) is 0. The number of nitrogens with one attached hydrogen (secondary N) is 1. The number of halogens is 3. The number of hydrogen-bond acceptors (Lipinski definition) is 3. The molecule has 0 aliphatic carbocycles. The maximum Gasteiger partial charge on any atom is 0.414 e. The van der Waals surface area contributed by atoms with Crippen LogP contribution in [0.2, 0.25) is 0 Å². The molecule has 0 atom stereocenters. The predicted molar refractivity (Wildman–Crippen MR) is 54.4 cm³/mol. The van der Waals surface area contributed by atoms with Gasteiger partial charge in [-0.15, -0.1) is 0 Å². The first-order chi connectivity index (χ1) is 7.57. The Balaban J connectivity index is 2.00. The third-order valence-electron chi connectivity index (χ3n) is 2.71. The van der Waals surface area contributed by atoms with Crippen LogP contribution >= 0.6 is 0 Å². The zero-order valence-corrected chi connectivity index (χ0v) is 8.80. The first-order valence-electron chi connectivity index (χ1n) is 5.24. The summed E-state index contributed by atoms with van der Waals surface area (Å²) >= 11 is 0. The molecule has 1 saturated heterocycles. The maximum atomic E-state index is 12.5. The van der Waals surface area contributed by atoms with Crippen molar-refractivity contribution in [2.75, 3.05) is 32.7 Å². The number of hydrazine groups is 1. The quantitative estimate of drug-likeness (QED) is 0.732. The molecule has 0 saturated carbocycles. The highest BCUT2D eigenvalue weighted by molar-refractivity contribution is 5.22. The van der Waals surface area contributed by atoms with E-state index in [1.807, 2.05) is 5.01 Å². The lowest BCUT2D eigenvalue weighted by molar-refractivity contribution is -0.102. The van der Waals surface area contributed by atoms with Gasteiger partial charge in [-0.3, -0.25) is 0 Å². The van der Waals surface area contributed by atoms with Crippen LogP contribution in [0.3, 0.4) is 0 Å². The Bertz CT molecular complexity index is 303. The summed E-state index contributed by atoms with van der Waals surface area (Å²) in [6, 6.07) is 0. The third kappa shape index (κ3) is 2.56. The average molecular weight is 233 g/mol. The van der Waals surface area contributed by atoms with Crippen molar-refractivity contribution in [2.24, 2.45) is 0 Å². The van der Waals surface area contributed by atoms with E-state index in [4.69, 9.17) is 0 Å². The largest absolute Gasteiger partial charge is 0.414 e. The van der Waals surface area contributed by atoms with Gasteiger partial charge in [0.15, 0.2) is 0 Å². The minimum atomic E-state index is -4.23. The monoisotopic (exact) mass is 233 g/mol. The van der Waals surface area contributed by atoms with Gasteiger partial charge in [0.05, 0.1) is 12.1 Å². The molecule has 1 fully saturated rings. The van der Waals surface area contributed by atoms with Crippen LogP contribution in [0.15, 0.2) is 23.9 Å². The summed E-state index contributed by atoms with van der Waals surface area (Å²) in [4.78, 5) is 0. The lowest BCUT2D eigenvalue weighted by Crippen LogP contribution is -2.51. The maximum absolute atomic E-state index is 12.5. The Kier molecular flexibility index (Phi) is 3.20. The molecule has 2 aliphatic rings. The van der Waals surface area contributed by atoms with E-state index in [0.29, 0.717) is 0 Å². The van der Waals surface area contributed by atoms with E-state index in [-0.39, 0.29) is 6.54 Å². The molecule has 3 nitrogen and oxygen atoms in total. The van der Waals surface area contributed by atoms with E-state index in [9.17, 15) is 13.2 Å². The van der Waals surface area contributed by atoms with Crippen LogP contribution in [-0.2, 0) is 0 Å². The van der Waals surface area contributed by atoms with Crippen molar-refractivity contribution in [1.82, 2.24) is 15.3 Å². The molecule has 0 aromatic rings. The number of alkyl halides is 3. The molecule has 0 unspecified atom stereocenters. The summed E-state index contributed by atoms with van der Waals surface area (Å²) in [6.07, 6.45) is 0.0602. The van der Waals surface area contributed by atoms with Crippen LogP contribution in [0.4, 0.5) is 13.2 Å². The van der Waals surface area contributed by atoms with Crippen LogP contribution < -0.4 is 5.32 Å². The molecule has 2 rings (SSSR count). The Morgan fingerprint density at radius 2 is 1.88 bits per heavy atom. The molecule has 2 heterocycles. The van der Waals surface area contributed by atoms with Crippen molar-refractivity contribution in [1.29, 1.82) is 0 Å². The molecule has 0 bridgehead atoms. The summed E-state index contributed by atoms with van der Waals surface area (Å²) in [5.41, 5.74) is -0.492. The lowest BCUT2D eigenvalue weighted by atomic mass is 10.2. The molecule has 0 spiro atoms. The van der Waals surface area contributed by atoms with E-state index in [1.165, 1.54) is 6.08 Å². The fourth-order valence-electron chi connectivity index (χ4n) is 1.83. The molecule has 1 N–H and O–H groups in total. The zero-order valence-electron chi connectivity index (χ0n) is 8.80. The third-order valence-corrected chi connectivity index (χ3v) is 2.71. The number of piperazine rings is 1. The van der Waals surface area contributed by atoms with Crippen molar-refractivity contribution < 1.29 is 13.2 Å². The van der Waals surface area contributed by atoms with Gasteiger partial charge in [-0.05, 0) is 6.08 Å². The second-order valence-electron chi connectivity index (χ2n) is 3.83. The highest BCUT2D eigenvalue weighted by Gasteiger charge is 2.35. The van der Waals surface area contributed by atoms with Crippen molar-refractivity contribution in [3.63, 3.8) is 0 Å². The standard InChI is InChI=1S/C10H14F3N3/c11-10(12,13)9-2-1-5-16(8-9)15-6-3-14-4-7-15/h1-2,5,14H,3-4,6-8H2. The van der Waals surface area contributed by atoms with E-state index >= 15 is 0 Å². The minimum Gasteiger partial charge on any atom is -0.314 e. The van der Waals surface area contributed by atoms with E-state index in [2.05, 4.69) is 5.32 Å². The van der Waals surface area contributed by atoms with Crippen LogP contribution in [-0.4, -0.2) is 48.9 Å². The second-order valence-corrected chi connectivity index (χ2v) is 3.83. The topological polar surface area (TPSA) is 18.5 Å². The zero-order chi connectivity index (χ0) is 11.6. The van der Waals surface area contributed by atoms with E-state index < -0.39 is 11.7 Å². The summed E-state index contributed by atoms with van der Waals surface area (Å²) in [5, 5.41) is 6.74. The number of rotatable bonds is 1. The normalized spacial score (nSPS) is 23.4. The fourth-order valence-corrected chi connectivity index (χ4v) is 1.83. The predicted octanol–water partition coefficient (Wildman–Crippen LogP) is 1.12. The Morgan fingerprint density at radius 1 is 1.19 bits per heavy atom. The number of nitrogens with zero attached hydrogens (tertiary/aromatic N) is 2. The molecule has 0 aromatic carbocycles. The van der Waals surface area contributed by atoms with E-state index in [0.717, 1.165) is 32.3 Å². The summed E-state index contributed by atoms with van der Waals surface area (Å²) < 4.78 is 37.6. The van der Waals surface area contributed by atoms with Crippen molar-refractivity contribution in [3.8, 4) is 0 Å². The van der Waals surface area contributed by atoms with Gasteiger partial charge in [0, 0.05) is 32.4 Å². The Hall–Kier alpha value is -1.01. The number of allylic oxidation sites excluding steroid dienone is 2. The first-order valence-corrected chi connectivity index (χ1v) is 5.24. The molecular formula is C10H14F3N3. The van der Waals surface area contributed by atoms with Crippen LogP contribution in [0.25, 0.3) is 0 Å². The molecule has 0 radical (unpaired) electrons. The van der Waals surface area contributed by atoms with Gasteiger partial charge in [0.2, 0.25) is 0 Å². The molecule has 6 heteroatoms. The summed E-state index contributed by atoms with van der Waals surface area (Å²) in [5.74, 6) is 0. The molecule has 16 heavy (non-hydrogen) atoms. The van der Waals surface area contributed by atoms with Gasteiger partial charge in [0.1, 0.15) is 0 Å². The molecule has 0 aromatic heterocycles. The first kappa shape index (κ1) is 11.5.